The van der Waals surface area contributed by atoms with Crippen molar-refractivity contribution >= 4 is 23.5 Å². The summed E-state index contributed by atoms with van der Waals surface area (Å²) in [5, 5.41) is 0.672. The van der Waals surface area contributed by atoms with Gasteiger partial charge in [0.2, 0.25) is 5.91 Å². The Hall–Kier alpha value is -2.33. The summed E-state index contributed by atoms with van der Waals surface area (Å²) >= 11 is 5.95. The molecule has 0 spiro atoms. The Morgan fingerprint density at radius 2 is 1.68 bits per heavy atom. The third kappa shape index (κ3) is 3.54. The van der Waals surface area contributed by atoms with Crippen molar-refractivity contribution in [2.45, 2.75) is 24.8 Å². The fourth-order valence-corrected chi connectivity index (χ4v) is 3.22. The van der Waals surface area contributed by atoms with Gasteiger partial charge >= 0.3 is 5.97 Å². The molecule has 0 aliphatic heterocycles. The summed E-state index contributed by atoms with van der Waals surface area (Å²) in [6, 6.07) is 14.6. The molecule has 0 bridgehead atoms. The number of carbonyl (C=O) groups excluding carboxylic acids is 2. The molecule has 130 valence electrons. The van der Waals surface area contributed by atoms with Crippen molar-refractivity contribution < 1.29 is 14.3 Å². The van der Waals surface area contributed by atoms with Crippen molar-refractivity contribution in [2.75, 3.05) is 14.2 Å². The van der Waals surface area contributed by atoms with Crippen LogP contribution in [0.1, 0.15) is 34.3 Å². The van der Waals surface area contributed by atoms with Gasteiger partial charge in [-0.05, 0) is 48.2 Å². The van der Waals surface area contributed by atoms with Crippen molar-refractivity contribution in [3.63, 3.8) is 0 Å². The molecule has 0 N–H and O–H groups in total. The number of carbonyl (C=O) groups is 2. The second kappa shape index (κ2) is 6.89. The van der Waals surface area contributed by atoms with Gasteiger partial charge in [0.25, 0.3) is 0 Å². The number of hydrogen-bond donors (Lipinski definition) is 0. The predicted octanol–water partition coefficient (Wildman–Crippen LogP) is 3.82. The summed E-state index contributed by atoms with van der Waals surface area (Å²) in [5.41, 5.74) is 2.08. The second-order valence-electron chi connectivity index (χ2n) is 6.44. The van der Waals surface area contributed by atoms with Crippen molar-refractivity contribution in [3.8, 4) is 0 Å². The highest BCUT2D eigenvalue weighted by molar-refractivity contribution is 6.30. The van der Waals surface area contributed by atoms with E-state index in [1.807, 2.05) is 43.4 Å². The summed E-state index contributed by atoms with van der Waals surface area (Å²) in [7, 11) is 3.17. The number of methoxy groups -OCH3 is 1. The topological polar surface area (TPSA) is 46.6 Å². The first-order valence-electron chi connectivity index (χ1n) is 8.15. The van der Waals surface area contributed by atoms with Crippen LogP contribution in [0.25, 0.3) is 0 Å². The molecule has 5 heteroatoms. The van der Waals surface area contributed by atoms with Gasteiger partial charge in [-0.1, -0.05) is 35.9 Å². The van der Waals surface area contributed by atoms with Crippen molar-refractivity contribution in [1.82, 2.24) is 4.90 Å². The molecule has 4 nitrogen and oxygen atoms in total. The molecule has 2 aromatic rings. The van der Waals surface area contributed by atoms with Crippen LogP contribution in [0, 0.1) is 0 Å². The van der Waals surface area contributed by atoms with Gasteiger partial charge < -0.3 is 9.64 Å². The van der Waals surface area contributed by atoms with Crippen LogP contribution >= 0.6 is 11.6 Å². The molecule has 0 radical (unpaired) electrons. The molecular formula is C20H20ClNO3. The Labute approximate surface area is 152 Å². The third-order valence-electron chi connectivity index (χ3n) is 4.70. The smallest absolute Gasteiger partial charge is 0.337 e. The van der Waals surface area contributed by atoms with E-state index in [9.17, 15) is 9.59 Å². The van der Waals surface area contributed by atoms with Gasteiger partial charge in [0.05, 0.1) is 18.1 Å². The average Bonchev–Trinajstić information content (AvgIpc) is 3.43. The number of rotatable bonds is 5. The number of benzene rings is 2. The van der Waals surface area contributed by atoms with E-state index >= 15 is 0 Å². The van der Waals surface area contributed by atoms with E-state index in [4.69, 9.17) is 16.3 Å². The molecule has 1 aliphatic rings. The summed E-state index contributed by atoms with van der Waals surface area (Å²) in [5.74, 6) is -0.248. The van der Waals surface area contributed by atoms with Crippen LogP contribution in [-0.2, 0) is 21.5 Å². The first-order chi connectivity index (χ1) is 12.0. The van der Waals surface area contributed by atoms with Gasteiger partial charge in [-0.2, -0.15) is 0 Å². The molecule has 0 unspecified atom stereocenters. The van der Waals surface area contributed by atoms with Crippen LogP contribution in [-0.4, -0.2) is 30.9 Å². The van der Waals surface area contributed by atoms with Crippen molar-refractivity contribution in [2.24, 2.45) is 0 Å². The molecule has 0 aromatic heterocycles. The highest BCUT2D eigenvalue weighted by Crippen LogP contribution is 2.49. The predicted molar refractivity (Wildman–Crippen MR) is 96.6 cm³/mol. The molecule has 0 atom stereocenters. The van der Waals surface area contributed by atoms with E-state index in [0.29, 0.717) is 17.1 Å². The lowest BCUT2D eigenvalue weighted by atomic mass is 9.94. The standard InChI is InChI=1S/C20H20ClNO3/c1-22(13-14-3-5-15(6-4-14)18(23)25-2)19(24)20(11-12-20)16-7-9-17(21)10-8-16/h3-10H,11-13H2,1-2H3. The second-order valence-corrected chi connectivity index (χ2v) is 6.88. The van der Waals surface area contributed by atoms with Gasteiger partial charge in [0, 0.05) is 18.6 Å². The zero-order chi connectivity index (χ0) is 18.0. The highest BCUT2D eigenvalue weighted by atomic mass is 35.5. The van der Waals surface area contributed by atoms with E-state index in [1.165, 1.54) is 7.11 Å². The first-order valence-corrected chi connectivity index (χ1v) is 8.53. The van der Waals surface area contributed by atoms with Gasteiger partial charge in [-0.15, -0.1) is 0 Å². The minimum absolute atomic E-state index is 0.117. The molecule has 1 saturated carbocycles. The van der Waals surface area contributed by atoms with E-state index < -0.39 is 5.41 Å². The highest BCUT2D eigenvalue weighted by Gasteiger charge is 2.52. The van der Waals surface area contributed by atoms with E-state index in [2.05, 4.69) is 0 Å². The lowest BCUT2D eigenvalue weighted by Crippen LogP contribution is -2.36. The van der Waals surface area contributed by atoms with E-state index in [1.54, 1.807) is 17.0 Å². The van der Waals surface area contributed by atoms with Crippen LogP contribution < -0.4 is 0 Å². The average molecular weight is 358 g/mol. The molecule has 1 amide bonds. The summed E-state index contributed by atoms with van der Waals surface area (Å²) < 4.78 is 4.69. The Bertz CT molecular complexity index is 780. The minimum Gasteiger partial charge on any atom is -0.465 e. The Morgan fingerprint density at radius 1 is 1.08 bits per heavy atom. The Kier molecular flexibility index (Phi) is 4.82. The third-order valence-corrected chi connectivity index (χ3v) is 4.95. The molecule has 0 heterocycles. The fraction of sp³-hybridized carbons (Fsp3) is 0.300. The summed E-state index contributed by atoms with van der Waals surface area (Å²) in [4.78, 5) is 26.2. The largest absolute Gasteiger partial charge is 0.465 e. The maximum Gasteiger partial charge on any atom is 0.337 e. The van der Waals surface area contributed by atoms with Crippen LogP contribution in [0.4, 0.5) is 0 Å². The zero-order valence-electron chi connectivity index (χ0n) is 14.3. The maximum absolute atomic E-state index is 13.0. The normalized spacial score (nSPS) is 14.7. The number of likely N-dealkylation sites (N-methyl/N-ethyl adjacent to an activating group) is 1. The number of hydrogen-bond acceptors (Lipinski definition) is 3. The monoisotopic (exact) mass is 357 g/mol. The summed E-state index contributed by atoms with van der Waals surface area (Å²) in [6.07, 6.45) is 1.72. The van der Waals surface area contributed by atoms with Crippen molar-refractivity contribution in [3.05, 3.63) is 70.2 Å². The van der Waals surface area contributed by atoms with Gasteiger partial charge in [0.15, 0.2) is 0 Å². The van der Waals surface area contributed by atoms with Gasteiger partial charge in [-0.25, -0.2) is 4.79 Å². The number of ether oxygens (including phenoxy) is 1. The van der Waals surface area contributed by atoms with Crippen LogP contribution in [0.2, 0.25) is 5.02 Å². The number of nitrogens with zero attached hydrogens (tertiary/aromatic N) is 1. The Balaban J connectivity index is 1.70. The first kappa shape index (κ1) is 17.5. The van der Waals surface area contributed by atoms with Crippen LogP contribution in [0.5, 0.6) is 0 Å². The van der Waals surface area contributed by atoms with Crippen molar-refractivity contribution in [1.29, 1.82) is 0 Å². The Morgan fingerprint density at radius 3 is 2.20 bits per heavy atom. The summed E-state index contributed by atoms with van der Waals surface area (Å²) in [6.45, 7) is 0.496. The fourth-order valence-electron chi connectivity index (χ4n) is 3.10. The van der Waals surface area contributed by atoms with Gasteiger partial charge in [-0.3, -0.25) is 4.79 Å². The molecule has 0 saturated heterocycles. The van der Waals surface area contributed by atoms with E-state index in [0.717, 1.165) is 24.0 Å². The van der Waals surface area contributed by atoms with Gasteiger partial charge in [0.1, 0.15) is 0 Å². The van der Waals surface area contributed by atoms with Crippen LogP contribution in [0.15, 0.2) is 48.5 Å². The SMILES string of the molecule is COC(=O)c1ccc(CN(C)C(=O)C2(c3ccc(Cl)cc3)CC2)cc1. The molecule has 1 aliphatic carbocycles. The van der Waals surface area contributed by atoms with Crippen LogP contribution in [0.3, 0.4) is 0 Å². The minimum atomic E-state index is -0.411. The number of esters is 1. The molecule has 25 heavy (non-hydrogen) atoms. The zero-order valence-corrected chi connectivity index (χ0v) is 15.0. The lowest BCUT2D eigenvalue weighted by Gasteiger charge is -2.24. The number of amides is 1. The quantitative estimate of drug-likeness (QED) is 0.764. The molecular weight excluding hydrogens is 338 g/mol. The lowest BCUT2D eigenvalue weighted by molar-refractivity contribution is -0.133. The maximum atomic E-state index is 13.0. The molecule has 1 fully saturated rings. The number of halogens is 1. The molecule has 2 aromatic carbocycles. The van der Waals surface area contributed by atoms with E-state index in [-0.39, 0.29) is 11.9 Å². The molecule has 3 rings (SSSR count).